The van der Waals surface area contributed by atoms with Crippen LogP contribution in [0.1, 0.15) is 16.8 Å². The van der Waals surface area contributed by atoms with Crippen molar-refractivity contribution in [2.24, 2.45) is 0 Å². The molecule has 25 heavy (non-hydrogen) atoms. The normalized spacial score (nSPS) is 17.1. The Bertz CT molecular complexity index is 785. The van der Waals surface area contributed by atoms with Gasteiger partial charge in [0.05, 0.1) is 25.5 Å². The van der Waals surface area contributed by atoms with Crippen LogP contribution in [0.15, 0.2) is 42.6 Å². The van der Waals surface area contributed by atoms with E-state index in [4.69, 9.17) is 4.74 Å². The van der Waals surface area contributed by atoms with Gasteiger partial charge < -0.3 is 14.5 Å². The molecule has 6 nitrogen and oxygen atoms in total. The first kappa shape index (κ1) is 15.8. The van der Waals surface area contributed by atoms with Crippen molar-refractivity contribution >= 4 is 17.9 Å². The van der Waals surface area contributed by atoms with Crippen molar-refractivity contribution in [2.45, 2.75) is 13.1 Å². The van der Waals surface area contributed by atoms with Crippen molar-refractivity contribution in [2.75, 3.05) is 31.2 Å². The van der Waals surface area contributed by atoms with E-state index in [1.165, 1.54) is 0 Å². The number of hydrogen-bond acceptors (Lipinski definition) is 5. The number of ether oxygens (including phenoxy) is 1. The predicted octanol–water partition coefficient (Wildman–Crippen LogP) is 1.87. The molecule has 1 fully saturated rings. The molecule has 1 aromatic heterocycles. The first-order valence-corrected chi connectivity index (χ1v) is 8.49. The Morgan fingerprint density at radius 3 is 2.72 bits per heavy atom. The van der Waals surface area contributed by atoms with Gasteiger partial charge in [0, 0.05) is 37.5 Å². The number of carbonyl (C=O) groups excluding carboxylic acids is 1. The fourth-order valence-corrected chi connectivity index (χ4v) is 3.05. The molecule has 0 bridgehead atoms. The van der Waals surface area contributed by atoms with E-state index < -0.39 is 0 Å². The average Bonchev–Trinajstić information content (AvgIpc) is 3.11. The van der Waals surface area contributed by atoms with Gasteiger partial charge in [0.25, 0.3) is 0 Å². The summed E-state index contributed by atoms with van der Waals surface area (Å²) in [4.78, 5) is 25.5. The summed E-state index contributed by atoms with van der Waals surface area (Å²) < 4.78 is 5.37. The van der Waals surface area contributed by atoms with Gasteiger partial charge in [0.1, 0.15) is 0 Å². The molecule has 1 amide bonds. The molecule has 6 heteroatoms. The van der Waals surface area contributed by atoms with Crippen molar-refractivity contribution in [3.63, 3.8) is 0 Å². The van der Waals surface area contributed by atoms with Crippen LogP contribution in [0.3, 0.4) is 0 Å². The molecule has 0 aliphatic carbocycles. The number of benzene rings is 1. The first-order valence-electron chi connectivity index (χ1n) is 8.49. The Kier molecular flexibility index (Phi) is 4.43. The number of nitrogens with zero attached hydrogens (tertiary/aromatic N) is 4. The van der Waals surface area contributed by atoms with E-state index >= 15 is 0 Å². The number of rotatable bonds is 3. The van der Waals surface area contributed by atoms with Gasteiger partial charge in [-0.25, -0.2) is 9.97 Å². The Morgan fingerprint density at radius 2 is 1.92 bits per heavy atom. The van der Waals surface area contributed by atoms with Crippen LogP contribution in [0.25, 0.3) is 6.08 Å². The van der Waals surface area contributed by atoms with Crippen LogP contribution in [0.4, 0.5) is 5.95 Å². The predicted molar refractivity (Wildman–Crippen MR) is 94.8 cm³/mol. The molecule has 0 saturated carbocycles. The molecule has 0 unspecified atom stereocenters. The summed E-state index contributed by atoms with van der Waals surface area (Å²) in [6.07, 6.45) is 5.31. The zero-order chi connectivity index (χ0) is 17.1. The molecule has 1 saturated heterocycles. The Morgan fingerprint density at radius 1 is 1.12 bits per heavy atom. The monoisotopic (exact) mass is 336 g/mol. The van der Waals surface area contributed by atoms with Gasteiger partial charge >= 0.3 is 0 Å². The Hall–Kier alpha value is -2.73. The molecule has 1 aromatic carbocycles. The number of morpholine rings is 1. The number of amides is 1. The summed E-state index contributed by atoms with van der Waals surface area (Å²) in [5.74, 6) is 0.728. The highest BCUT2D eigenvalue weighted by Gasteiger charge is 2.25. The summed E-state index contributed by atoms with van der Waals surface area (Å²) in [6, 6.07) is 9.82. The molecule has 3 heterocycles. The fraction of sp³-hybridized carbons (Fsp3) is 0.316. The van der Waals surface area contributed by atoms with Crippen LogP contribution in [-0.4, -0.2) is 47.1 Å². The van der Waals surface area contributed by atoms with E-state index in [0.29, 0.717) is 26.3 Å². The lowest BCUT2D eigenvalue weighted by molar-refractivity contribution is -0.126. The highest BCUT2D eigenvalue weighted by atomic mass is 16.5. The van der Waals surface area contributed by atoms with Gasteiger partial charge in [-0.3, -0.25) is 4.79 Å². The molecule has 0 atom stereocenters. The first-order chi connectivity index (χ1) is 12.3. The van der Waals surface area contributed by atoms with Crippen molar-refractivity contribution in [1.29, 1.82) is 0 Å². The fourth-order valence-electron chi connectivity index (χ4n) is 3.05. The molecular formula is C19H20N4O2. The van der Waals surface area contributed by atoms with Gasteiger partial charge in [-0.2, -0.15) is 0 Å². The zero-order valence-electron chi connectivity index (χ0n) is 14.0. The number of fused-ring (bicyclic) bond motifs is 1. The van der Waals surface area contributed by atoms with Crippen LogP contribution in [-0.2, 0) is 22.6 Å². The third-order valence-electron chi connectivity index (χ3n) is 4.47. The van der Waals surface area contributed by atoms with Crippen LogP contribution in [0.2, 0.25) is 0 Å². The lowest BCUT2D eigenvalue weighted by atomic mass is 10.2. The second-order valence-corrected chi connectivity index (χ2v) is 6.18. The lowest BCUT2D eigenvalue weighted by Gasteiger charge is -2.26. The number of aromatic nitrogens is 2. The highest BCUT2D eigenvalue weighted by molar-refractivity contribution is 5.92. The summed E-state index contributed by atoms with van der Waals surface area (Å²) in [5.41, 5.74) is 2.98. The minimum absolute atomic E-state index is 0.00484. The molecule has 0 spiro atoms. The van der Waals surface area contributed by atoms with Crippen LogP contribution < -0.4 is 4.90 Å². The summed E-state index contributed by atoms with van der Waals surface area (Å²) in [6.45, 7) is 4.12. The smallest absolute Gasteiger partial charge is 0.247 e. The van der Waals surface area contributed by atoms with Crippen LogP contribution in [0.5, 0.6) is 0 Å². The third kappa shape index (κ3) is 3.53. The largest absolute Gasteiger partial charge is 0.378 e. The minimum Gasteiger partial charge on any atom is -0.378 e. The van der Waals surface area contributed by atoms with Gasteiger partial charge in [0.15, 0.2) is 0 Å². The lowest BCUT2D eigenvalue weighted by Crippen LogP contribution is -2.37. The Labute approximate surface area is 146 Å². The summed E-state index contributed by atoms with van der Waals surface area (Å²) in [5, 5.41) is 0. The maximum absolute atomic E-state index is 12.4. The minimum atomic E-state index is -0.00484. The second kappa shape index (κ2) is 7.03. The van der Waals surface area contributed by atoms with Crippen molar-refractivity contribution in [3.8, 4) is 0 Å². The average molecular weight is 336 g/mol. The molecule has 2 aliphatic rings. The van der Waals surface area contributed by atoms with Crippen molar-refractivity contribution < 1.29 is 9.53 Å². The molecule has 128 valence electrons. The van der Waals surface area contributed by atoms with E-state index in [-0.39, 0.29) is 5.91 Å². The molecule has 0 radical (unpaired) electrons. The molecule has 2 aromatic rings. The van der Waals surface area contributed by atoms with Gasteiger partial charge in [-0.1, -0.05) is 30.3 Å². The molecule has 0 N–H and O–H groups in total. The van der Waals surface area contributed by atoms with E-state index in [9.17, 15) is 4.79 Å². The van der Waals surface area contributed by atoms with Gasteiger partial charge in [-0.05, 0) is 11.6 Å². The number of anilines is 1. The maximum Gasteiger partial charge on any atom is 0.247 e. The number of carbonyl (C=O) groups is 1. The van der Waals surface area contributed by atoms with E-state index in [1.807, 2.05) is 42.6 Å². The molecular weight excluding hydrogens is 316 g/mol. The van der Waals surface area contributed by atoms with Crippen LogP contribution >= 0.6 is 0 Å². The quantitative estimate of drug-likeness (QED) is 0.801. The van der Waals surface area contributed by atoms with Crippen molar-refractivity contribution in [3.05, 3.63) is 59.4 Å². The third-order valence-corrected chi connectivity index (χ3v) is 4.47. The maximum atomic E-state index is 12.4. The zero-order valence-corrected chi connectivity index (χ0v) is 14.0. The van der Waals surface area contributed by atoms with Gasteiger partial charge in [-0.15, -0.1) is 0 Å². The highest BCUT2D eigenvalue weighted by Crippen LogP contribution is 2.23. The summed E-state index contributed by atoms with van der Waals surface area (Å²) >= 11 is 0. The van der Waals surface area contributed by atoms with Gasteiger partial charge in [0.2, 0.25) is 11.9 Å². The van der Waals surface area contributed by atoms with E-state index in [0.717, 1.165) is 35.9 Å². The SMILES string of the molecule is O=C(/C=C/c1ccccc1)N1Cc2cnc(N3CCOCC3)nc2C1. The van der Waals surface area contributed by atoms with E-state index in [1.54, 1.807) is 11.0 Å². The Balaban J connectivity index is 1.43. The summed E-state index contributed by atoms with van der Waals surface area (Å²) in [7, 11) is 0. The number of hydrogen-bond donors (Lipinski definition) is 0. The molecule has 2 aliphatic heterocycles. The van der Waals surface area contributed by atoms with Crippen LogP contribution in [0, 0.1) is 0 Å². The standard InChI is InChI=1S/C19H20N4O2/c24-18(7-6-15-4-2-1-3-5-15)23-13-16-12-20-19(21-17(16)14-23)22-8-10-25-11-9-22/h1-7,12H,8-11,13-14H2/b7-6+. The second-order valence-electron chi connectivity index (χ2n) is 6.18. The molecule has 4 rings (SSSR count). The van der Waals surface area contributed by atoms with E-state index in [2.05, 4.69) is 14.9 Å². The van der Waals surface area contributed by atoms with Crippen molar-refractivity contribution in [1.82, 2.24) is 14.9 Å². The topological polar surface area (TPSA) is 58.6 Å².